The molecular formula is C15H32N2O. The van der Waals surface area contributed by atoms with Crippen molar-refractivity contribution < 1.29 is 5.11 Å². The fourth-order valence-corrected chi connectivity index (χ4v) is 3.04. The first-order chi connectivity index (χ1) is 8.49. The lowest BCUT2D eigenvalue weighted by molar-refractivity contribution is 0.150. The minimum absolute atomic E-state index is 0.113. The number of hydrogen-bond acceptors (Lipinski definition) is 3. The molecule has 1 saturated heterocycles. The number of nitrogens with one attached hydrogen (secondary N) is 1. The first-order valence-corrected chi connectivity index (χ1v) is 7.60. The van der Waals surface area contributed by atoms with Crippen LogP contribution in [0.5, 0.6) is 0 Å². The molecule has 108 valence electrons. The number of hydrogen-bond donors (Lipinski definition) is 2. The van der Waals surface area contributed by atoms with Crippen molar-refractivity contribution in [3.8, 4) is 0 Å². The molecule has 18 heavy (non-hydrogen) atoms. The zero-order valence-corrected chi connectivity index (χ0v) is 12.7. The molecule has 2 N–H and O–H groups in total. The number of aliphatic hydroxyl groups excluding tert-OH is 1. The molecule has 1 aliphatic rings. The number of nitrogens with zero attached hydrogens (tertiary/aromatic N) is 1. The Morgan fingerprint density at radius 1 is 1.44 bits per heavy atom. The zero-order valence-electron chi connectivity index (χ0n) is 12.7. The van der Waals surface area contributed by atoms with Gasteiger partial charge in [0.05, 0.1) is 6.61 Å². The van der Waals surface area contributed by atoms with Crippen molar-refractivity contribution in [2.45, 2.75) is 65.0 Å². The summed E-state index contributed by atoms with van der Waals surface area (Å²) in [6.07, 6.45) is 4.92. The third-order valence-electron chi connectivity index (χ3n) is 4.14. The van der Waals surface area contributed by atoms with Crippen LogP contribution in [0.3, 0.4) is 0 Å². The van der Waals surface area contributed by atoms with E-state index in [4.69, 9.17) is 0 Å². The second-order valence-electron chi connectivity index (χ2n) is 6.48. The van der Waals surface area contributed by atoms with Crippen LogP contribution in [-0.4, -0.2) is 47.8 Å². The lowest BCUT2D eigenvalue weighted by atomic mass is 9.95. The highest BCUT2D eigenvalue weighted by molar-refractivity contribution is 4.84. The highest BCUT2D eigenvalue weighted by Crippen LogP contribution is 2.20. The van der Waals surface area contributed by atoms with Crippen LogP contribution < -0.4 is 5.32 Å². The van der Waals surface area contributed by atoms with Gasteiger partial charge in [0.1, 0.15) is 0 Å². The van der Waals surface area contributed by atoms with Crippen LogP contribution in [0.2, 0.25) is 0 Å². The average molecular weight is 256 g/mol. The Labute approximate surface area is 113 Å². The minimum atomic E-state index is -0.113. The molecule has 0 radical (unpaired) electrons. The van der Waals surface area contributed by atoms with E-state index in [1.807, 2.05) is 0 Å². The quantitative estimate of drug-likeness (QED) is 0.699. The van der Waals surface area contributed by atoms with Gasteiger partial charge in [-0.1, -0.05) is 27.2 Å². The average Bonchev–Trinajstić information content (AvgIpc) is 2.76. The summed E-state index contributed by atoms with van der Waals surface area (Å²) in [6, 6.07) is 0.429. The van der Waals surface area contributed by atoms with E-state index in [1.54, 1.807) is 0 Å². The molecule has 1 fully saturated rings. The highest BCUT2D eigenvalue weighted by atomic mass is 16.3. The Kier molecular flexibility index (Phi) is 6.61. The molecule has 0 spiro atoms. The molecule has 0 amide bonds. The second kappa shape index (κ2) is 7.46. The summed E-state index contributed by atoms with van der Waals surface area (Å²) in [7, 11) is 0. The van der Waals surface area contributed by atoms with Crippen LogP contribution >= 0.6 is 0 Å². The van der Waals surface area contributed by atoms with Crippen molar-refractivity contribution in [3.05, 3.63) is 0 Å². The summed E-state index contributed by atoms with van der Waals surface area (Å²) < 4.78 is 0. The standard InChI is InChI=1S/C15H32N2O/c1-5-14-7-10-17(11-14)9-6-8-15(4,12-18)16-13(2)3/h13-14,16,18H,5-12H2,1-4H3. The van der Waals surface area contributed by atoms with Crippen LogP contribution in [0.1, 0.15) is 53.4 Å². The van der Waals surface area contributed by atoms with Crippen molar-refractivity contribution in [2.75, 3.05) is 26.2 Å². The summed E-state index contributed by atoms with van der Waals surface area (Å²) in [5.41, 5.74) is -0.113. The predicted octanol–water partition coefficient (Wildman–Crippen LogP) is 2.25. The lowest BCUT2D eigenvalue weighted by Gasteiger charge is -2.32. The Morgan fingerprint density at radius 3 is 2.67 bits per heavy atom. The predicted molar refractivity (Wildman–Crippen MR) is 77.8 cm³/mol. The SMILES string of the molecule is CCC1CCN(CCCC(C)(CO)NC(C)C)C1. The molecule has 0 bridgehead atoms. The number of likely N-dealkylation sites (tertiary alicyclic amines) is 1. The number of rotatable bonds is 8. The molecular weight excluding hydrogens is 224 g/mol. The van der Waals surface area contributed by atoms with Crippen molar-refractivity contribution in [2.24, 2.45) is 5.92 Å². The van der Waals surface area contributed by atoms with Crippen LogP contribution in [-0.2, 0) is 0 Å². The second-order valence-corrected chi connectivity index (χ2v) is 6.48. The van der Waals surface area contributed by atoms with Crippen molar-refractivity contribution in [1.29, 1.82) is 0 Å². The summed E-state index contributed by atoms with van der Waals surface area (Å²) in [5.74, 6) is 0.919. The first-order valence-electron chi connectivity index (χ1n) is 7.60. The normalized spacial score (nSPS) is 24.7. The summed E-state index contributed by atoms with van der Waals surface area (Å²) in [4.78, 5) is 2.58. The Hall–Kier alpha value is -0.120. The molecule has 0 aromatic heterocycles. The molecule has 1 heterocycles. The zero-order chi connectivity index (χ0) is 13.6. The summed E-state index contributed by atoms with van der Waals surface area (Å²) >= 11 is 0. The van der Waals surface area contributed by atoms with E-state index in [0.29, 0.717) is 6.04 Å². The van der Waals surface area contributed by atoms with Gasteiger partial charge in [-0.05, 0) is 45.2 Å². The van der Waals surface area contributed by atoms with Crippen molar-refractivity contribution in [3.63, 3.8) is 0 Å². The monoisotopic (exact) mass is 256 g/mol. The van der Waals surface area contributed by atoms with Crippen LogP contribution in [0, 0.1) is 5.92 Å². The van der Waals surface area contributed by atoms with Gasteiger partial charge >= 0.3 is 0 Å². The minimum Gasteiger partial charge on any atom is -0.394 e. The Bertz CT molecular complexity index is 233. The molecule has 1 rings (SSSR count). The maximum Gasteiger partial charge on any atom is 0.0610 e. The van der Waals surface area contributed by atoms with Gasteiger partial charge in [-0.2, -0.15) is 0 Å². The van der Waals surface area contributed by atoms with Gasteiger partial charge in [-0.25, -0.2) is 0 Å². The van der Waals surface area contributed by atoms with Gasteiger partial charge in [0.25, 0.3) is 0 Å². The van der Waals surface area contributed by atoms with Gasteiger partial charge in [0, 0.05) is 18.1 Å². The van der Waals surface area contributed by atoms with E-state index in [0.717, 1.165) is 12.3 Å². The van der Waals surface area contributed by atoms with Gasteiger partial charge in [0.2, 0.25) is 0 Å². The van der Waals surface area contributed by atoms with Crippen LogP contribution in [0.25, 0.3) is 0 Å². The Morgan fingerprint density at radius 2 is 2.17 bits per heavy atom. The maximum absolute atomic E-state index is 9.53. The molecule has 0 aromatic rings. The number of aliphatic hydroxyl groups is 1. The highest BCUT2D eigenvalue weighted by Gasteiger charge is 2.25. The van der Waals surface area contributed by atoms with Gasteiger partial charge in [-0.3, -0.25) is 0 Å². The topological polar surface area (TPSA) is 35.5 Å². The molecule has 1 aliphatic heterocycles. The first kappa shape index (κ1) is 15.9. The maximum atomic E-state index is 9.53. The Balaban J connectivity index is 2.23. The molecule has 3 heteroatoms. The van der Waals surface area contributed by atoms with Gasteiger partial charge in [0.15, 0.2) is 0 Å². The van der Waals surface area contributed by atoms with Gasteiger partial charge < -0.3 is 15.3 Å². The molecule has 2 atom stereocenters. The van der Waals surface area contributed by atoms with E-state index >= 15 is 0 Å². The van der Waals surface area contributed by atoms with Gasteiger partial charge in [-0.15, -0.1) is 0 Å². The van der Waals surface area contributed by atoms with Crippen LogP contribution in [0.4, 0.5) is 0 Å². The van der Waals surface area contributed by atoms with E-state index in [1.165, 1.54) is 38.9 Å². The molecule has 0 aliphatic carbocycles. The summed E-state index contributed by atoms with van der Waals surface area (Å²) in [6.45, 7) is 12.7. The fourth-order valence-electron chi connectivity index (χ4n) is 3.04. The van der Waals surface area contributed by atoms with E-state index in [-0.39, 0.29) is 12.1 Å². The largest absolute Gasteiger partial charge is 0.394 e. The van der Waals surface area contributed by atoms with Crippen molar-refractivity contribution in [1.82, 2.24) is 10.2 Å². The van der Waals surface area contributed by atoms with Crippen molar-refractivity contribution >= 4 is 0 Å². The van der Waals surface area contributed by atoms with E-state index in [2.05, 4.69) is 37.9 Å². The van der Waals surface area contributed by atoms with Crippen LogP contribution in [0.15, 0.2) is 0 Å². The fraction of sp³-hybridized carbons (Fsp3) is 1.00. The molecule has 0 saturated carbocycles. The molecule has 2 unspecified atom stereocenters. The van der Waals surface area contributed by atoms with E-state index in [9.17, 15) is 5.11 Å². The molecule has 0 aromatic carbocycles. The lowest BCUT2D eigenvalue weighted by Crippen LogP contribution is -2.49. The molecule has 3 nitrogen and oxygen atoms in total. The smallest absolute Gasteiger partial charge is 0.0610 e. The van der Waals surface area contributed by atoms with E-state index < -0.39 is 0 Å². The summed E-state index contributed by atoms with van der Waals surface area (Å²) in [5, 5.41) is 13.0. The third kappa shape index (κ3) is 5.25. The third-order valence-corrected chi connectivity index (χ3v) is 4.14.